The van der Waals surface area contributed by atoms with Crippen LogP contribution in [0.2, 0.25) is 5.02 Å². The number of aromatic nitrogens is 3. The number of nitrogens with zero attached hydrogens (tertiary/aromatic N) is 3. The van der Waals surface area contributed by atoms with Crippen LogP contribution in [0.4, 0.5) is 0 Å². The Morgan fingerprint density at radius 2 is 2.12 bits per heavy atom. The van der Waals surface area contributed by atoms with Crippen LogP contribution in [0.25, 0.3) is 11.1 Å². The fourth-order valence-electron chi connectivity index (χ4n) is 2.43. The van der Waals surface area contributed by atoms with Gasteiger partial charge in [0.25, 0.3) is 0 Å². The lowest BCUT2D eigenvalue weighted by atomic mass is 10.1. The van der Waals surface area contributed by atoms with Gasteiger partial charge in [-0.15, -0.1) is 0 Å². The van der Waals surface area contributed by atoms with E-state index in [0.717, 1.165) is 16.7 Å². The van der Waals surface area contributed by atoms with Crippen molar-refractivity contribution in [3.63, 3.8) is 0 Å². The van der Waals surface area contributed by atoms with E-state index in [4.69, 9.17) is 16.3 Å². The summed E-state index contributed by atoms with van der Waals surface area (Å²) in [5.41, 5.74) is 3.32. The second kappa shape index (κ2) is 6.84. The molecule has 122 valence electrons. The summed E-state index contributed by atoms with van der Waals surface area (Å²) >= 11 is 6.08. The number of carbonyl (C=O) groups excluding carboxylic acids is 1. The Bertz CT molecular complexity index is 889. The number of ether oxygens (including phenoxy) is 1. The molecule has 3 rings (SSSR count). The summed E-state index contributed by atoms with van der Waals surface area (Å²) in [5, 5.41) is 4.86. The van der Waals surface area contributed by atoms with Crippen LogP contribution in [0, 0.1) is 0 Å². The number of methoxy groups -OCH3 is 1. The smallest absolute Gasteiger partial charge is 0.221 e. The van der Waals surface area contributed by atoms with Crippen molar-refractivity contribution in [2.45, 2.75) is 13.5 Å². The Hall–Kier alpha value is -2.66. The maximum atomic E-state index is 11.4. The predicted octanol–water partition coefficient (Wildman–Crippen LogP) is 3.86. The van der Waals surface area contributed by atoms with Crippen LogP contribution in [0.15, 0.2) is 48.9 Å². The molecule has 0 atom stereocenters. The molecule has 0 saturated carbocycles. The number of hydrogen-bond donors (Lipinski definition) is 0. The maximum Gasteiger partial charge on any atom is 0.221 e. The van der Waals surface area contributed by atoms with Gasteiger partial charge < -0.3 is 4.74 Å². The van der Waals surface area contributed by atoms with Crippen molar-refractivity contribution in [1.29, 1.82) is 0 Å². The van der Waals surface area contributed by atoms with E-state index in [9.17, 15) is 4.79 Å². The molecule has 0 fully saturated rings. The zero-order chi connectivity index (χ0) is 17.1. The molecule has 6 heteroatoms. The zero-order valence-corrected chi connectivity index (χ0v) is 14.1. The number of benzene rings is 1. The first-order chi connectivity index (χ1) is 11.6. The topological polar surface area (TPSA) is 57.0 Å². The predicted molar refractivity (Wildman–Crippen MR) is 92.6 cm³/mol. The number of hydrogen-bond acceptors (Lipinski definition) is 4. The van der Waals surface area contributed by atoms with Gasteiger partial charge in [-0.2, -0.15) is 5.10 Å². The minimum Gasteiger partial charge on any atom is -0.481 e. The zero-order valence-electron chi connectivity index (χ0n) is 13.4. The number of ketones is 1. The summed E-state index contributed by atoms with van der Waals surface area (Å²) < 4.78 is 7.07. The van der Waals surface area contributed by atoms with E-state index in [1.54, 1.807) is 30.4 Å². The molecule has 3 aromatic rings. The summed E-state index contributed by atoms with van der Waals surface area (Å²) in [6.45, 7) is 2.03. The minimum absolute atomic E-state index is 0.00581. The first-order valence-corrected chi connectivity index (χ1v) is 7.77. The number of rotatable bonds is 5. The van der Waals surface area contributed by atoms with Crippen LogP contribution in [0.5, 0.6) is 5.88 Å². The van der Waals surface area contributed by atoms with E-state index in [-0.39, 0.29) is 5.78 Å². The fourth-order valence-corrected chi connectivity index (χ4v) is 2.62. The van der Waals surface area contributed by atoms with E-state index < -0.39 is 0 Å². The Balaban J connectivity index is 1.95. The van der Waals surface area contributed by atoms with Crippen molar-refractivity contribution < 1.29 is 9.53 Å². The lowest BCUT2D eigenvalue weighted by Gasteiger charge is -2.10. The first-order valence-electron chi connectivity index (χ1n) is 7.39. The number of Topliss-reactive ketones (excluding diaryl/α,β-unsaturated/α-hetero) is 1. The number of carbonyl (C=O) groups is 1. The summed E-state index contributed by atoms with van der Waals surface area (Å²) in [6, 6.07) is 9.52. The van der Waals surface area contributed by atoms with Crippen molar-refractivity contribution in [1.82, 2.24) is 14.8 Å². The molecule has 0 spiro atoms. The lowest BCUT2D eigenvalue weighted by molar-refractivity contribution is 0.101. The van der Waals surface area contributed by atoms with Gasteiger partial charge in [0.15, 0.2) is 5.78 Å². The van der Waals surface area contributed by atoms with Crippen LogP contribution in [-0.4, -0.2) is 27.7 Å². The lowest BCUT2D eigenvalue weighted by Crippen LogP contribution is -2.02. The Labute approximate surface area is 144 Å². The molecule has 0 unspecified atom stereocenters. The highest BCUT2D eigenvalue weighted by Crippen LogP contribution is 2.30. The van der Waals surface area contributed by atoms with Gasteiger partial charge in [-0.25, -0.2) is 4.98 Å². The molecular weight excluding hydrogens is 326 g/mol. The molecular formula is C18H16ClN3O2. The minimum atomic E-state index is -0.00581. The Morgan fingerprint density at radius 3 is 2.79 bits per heavy atom. The van der Waals surface area contributed by atoms with Gasteiger partial charge in [-0.3, -0.25) is 9.48 Å². The van der Waals surface area contributed by atoms with Gasteiger partial charge in [0.2, 0.25) is 5.88 Å². The molecule has 1 aromatic carbocycles. The van der Waals surface area contributed by atoms with Crippen LogP contribution < -0.4 is 4.74 Å². The molecule has 0 bridgehead atoms. The van der Waals surface area contributed by atoms with Gasteiger partial charge in [0, 0.05) is 23.0 Å². The van der Waals surface area contributed by atoms with E-state index in [1.807, 2.05) is 30.3 Å². The first kappa shape index (κ1) is 16.2. The van der Waals surface area contributed by atoms with Gasteiger partial charge in [0.05, 0.1) is 25.4 Å². The molecule has 24 heavy (non-hydrogen) atoms. The summed E-state index contributed by atoms with van der Waals surface area (Å²) in [5.74, 6) is 0.527. The highest BCUT2D eigenvalue weighted by atomic mass is 35.5. The Morgan fingerprint density at radius 1 is 1.29 bits per heavy atom. The molecule has 0 aliphatic heterocycles. The third-order valence-corrected chi connectivity index (χ3v) is 3.86. The third kappa shape index (κ3) is 3.46. The highest BCUT2D eigenvalue weighted by Gasteiger charge is 2.10. The van der Waals surface area contributed by atoms with E-state index >= 15 is 0 Å². The average molecular weight is 342 g/mol. The number of pyridine rings is 1. The quantitative estimate of drug-likeness (QED) is 0.661. The second-order valence-electron chi connectivity index (χ2n) is 5.39. The molecule has 5 nitrogen and oxygen atoms in total. The van der Waals surface area contributed by atoms with Crippen LogP contribution in [0.1, 0.15) is 22.8 Å². The van der Waals surface area contributed by atoms with E-state index in [2.05, 4.69) is 10.1 Å². The monoisotopic (exact) mass is 341 g/mol. The molecule has 2 aromatic heterocycles. The molecule has 2 heterocycles. The van der Waals surface area contributed by atoms with Crippen molar-refractivity contribution >= 4 is 17.4 Å². The molecule has 0 amide bonds. The molecule has 0 radical (unpaired) electrons. The average Bonchev–Trinajstić information content (AvgIpc) is 3.03. The largest absolute Gasteiger partial charge is 0.481 e. The van der Waals surface area contributed by atoms with E-state index in [1.165, 1.54) is 6.92 Å². The molecule has 0 N–H and O–H groups in total. The van der Waals surface area contributed by atoms with Crippen LogP contribution >= 0.6 is 11.6 Å². The third-order valence-electron chi connectivity index (χ3n) is 3.62. The highest BCUT2D eigenvalue weighted by molar-refractivity contribution is 6.30. The van der Waals surface area contributed by atoms with Crippen molar-refractivity contribution in [2.24, 2.45) is 0 Å². The number of halogens is 1. The standard InChI is InChI=1S/C18H16ClN3O2/c1-12(23)15-9-21-22(11-15)10-13-6-17(18(24-2)20-8-13)14-4-3-5-16(19)7-14/h3-9,11H,10H2,1-2H3. The van der Waals surface area contributed by atoms with Crippen molar-refractivity contribution in [3.8, 4) is 17.0 Å². The second-order valence-corrected chi connectivity index (χ2v) is 5.83. The molecule has 0 aliphatic carbocycles. The van der Waals surface area contributed by atoms with E-state index in [0.29, 0.717) is 23.0 Å². The van der Waals surface area contributed by atoms with Gasteiger partial charge in [-0.05, 0) is 36.2 Å². The SMILES string of the molecule is COc1ncc(Cn2cc(C(C)=O)cn2)cc1-c1cccc(Cl)c1. The normalized spacial score (nSPS) is 10.6. The molecule has 0 saturated heterocycles. The van der Waals surface area contributed by atoms with Crippen molar-refractivity contribution in [2.75, 3.05) is 7.11 Å². The van der Waals surface area contributed by atoms with Gasteiger partial charge in [-0.1, -0.05) is 23.7 Å². The fraction of sp³-hybridized carbons (Fsp3) is 0.167. The summed E-state index contributed by atoms with van der Waals surface area (Å²) in [6.07, 6.45) is 5.03. The van der Waals surface area contributed by atoms with Crippen LogP contribution in [0.3, 0.4) is 0 Å². The van der Waals surface area contributed by atoms with Gasteiger partial charge >= 0.3 is 0 Å². The summed E-state index contributed by atoms with van der Waals surface area (Å²) in [7, 11) is 1.59. The molecule has 0 aliphatic rings. The maximum absolute atomic E-state index is 11.4. The van der Waals surface area contributed by atoms with Crippen LogP contribution in [-0.2, 0) is 6.54 Å². The summed E-state index contributed by atoms with van der Waals surface area (Å²) in [4.78, 5) is 15.7. The van der Waals surface area contributed by atoms with Crippen molar-refractivity contribution in [3.05, 3.63) is 65.1 Å². The van der Waals surface area contributed by atoms with Gasteiger partial charge in [0.1, 0.15) is 0 Å². The Kier molecular flexibility index (Phi) is 4.62.